The molecule has 0 aliphatic carbocycles. The Kier molecular flexibility index (Phi) is 7.45. The molecular formula is C16H30N6O2. The molecule has 136 valence electrons. The number of nitrogens with one attached hydrogen (secondary N) is 1. The van der Waals surface area contributed by atoms with Gasteiger partial charge >= 0.3 is 0 Å². The van der Waals surface area contributed by atoms with Gasteiger partial charge < -0.3 is 24.3 Å². The Morgan fingerprint density at radius 1 is 1.50 bits per heavy atom. The van der Waals surface area contributed by atoms with Crippen LogP contribution in [0.4, 0.5) is 0 Å². The first-order valence-electron chi connectivity index (χ1n) is 8.52. The van der Waals surface area contributed by atoms with Crippen molar-refractivity contribution in [1.82, 2.24) is 25.0 Å². The fourth-order valence-corrected chi connectivity index (χ4v) is 2.66. The predicted octanol–water partition coefficient (Wildman–Crippen LogP) is 0.574. The van der Waals surface area contributed by atoms with E-state index in [1.165, 1.54) is 0 Å². The third-order valence-electron chi connectivity index (χ3n) is 4.28. The molecule has 0 spiro atoms. The van der Waals surface area contributed by atoms with Gasteiger partial charge in [-0.3, -0.25) is 0 Å². The van der Waals surface area contributed by atoms with Crippen LogP contribution in [0.5, 0.6) is 0 Å². The predicted molar refractivity (Wildman–Crippen MR) is 92.9 cm³/mol. The number of methoxy groups -OCH3 is 1. The SMILES string of the molecule is COCCCNC(=NCc1nnc(C)n1C)N(C)CC1CCOC1. The fourth-order valence-electron chi connectivity index (χ4n) is 2.66. The van der Waals surface area contributed by atoms with Crippen molar-refractivity contribution in [2.45, 2.75) is 26.3 Å². The normalized spacial score (nSPS) is 18.2. The van der Waals surface area contributed by atoms with Crippen molar-refractivity contribution in [1.29, 1.82) is 0 Å². The molecule has 0 bridgehead atoms. The van der Waals surface area contributed by atoms with Crippen LogP contribution in [0.25, 0.3) is 0 Å². The van der Waals surface area contributed by atoms with Crippen LogP contribution in [-0.2, 0) is 23.1 Å². The number of nitrogens with zero attached hydrogens (tertiary/aromatic N) is 5. The third-order valence-corrected chi connectivity index (χ3v) is 4.28. The van der Waals surface area contributed by atoms with Gasteiger partial charge in [-0.05, 0) is 19.8 Å². The number of aromatic nitrogens is 3. The largest absolute Gasteiger partial charge is 0.385 e. The van der Waals surface area contributed by atoms with Gasteiger partial charge in [0.25, 0.3) is 0 Å². The summed E-state index contributed by atoms with van der Waals surface area (Å²) in [5.74, 6) is 3.21. The van der Waals surface area contributed by atoms with Gasteiger partial charge in [-0.1, -0.05) is 0 Å². The van der Waals surface area contributed by atoms with Crippen LogP contribution in [0.15, 0.2) is 4.99 Å². The first-order valence-corrected chi connectivity index (χ1v) is 8.52. The molecule has 0 radical (unpaired) electrons. The summed E-state index contributed by atoms with van der Waals surface area (Å²) in [6.45, 7) is 6.66. The number of ether oxygens (including phenoxy) is 2. The van der Waals surface area contributed by atoms with Crippen LogP contribution in [0.3, 0.4) is 0 Å². The van der Waals surface area contributed by atoms with E-state index in [0.717, 1.165) is 63.4 Å². The van der Waals surface area contributed by atoms with Crippen molar-refractivity contribution in [2.75, 3.05) is 47.1 Å². The van der Waals surface area contributed by atoms with Crippen molar-refractivity contribution >= 4 is 5.96 Å². The van der Waals surface area contributed by atoms with E-state index < -0.39 is 0 Å². The molecule has 0 amide bonds. The van der Waals surface area contributed by atoms with Crippen molar-refractivity contribution in [3.05, 3.63) is 11.6 Å². The second kappa shape index (κ2) is 9.58. The molecule has 2 heterocycles. The number of guanidine groups is 1. The second-order valence-corrected chi connectivity index (χ2v) is 6.25. The van der Waals surface area contributed by atoms with Crippen LogP contribution in [0.1, 0.15) is 24.5 Å². The average molecular weight is 338 g/mol. The second-order valence-electron chi connectivity index (χ2n) is 6.25. The molecule has 24 heavy (non-hydrogen) atoms. The maximum atomic E-state index is 5.47. The van der Waals surface area contributed by atoms with Gasteiger partial charge in [0.1, 0.15) is 12.4 Å². The van der Waals surface area contributed by atoms with Crippen molar-refractivity contribution in [2.24, 2.45) is 18.0 Å². The smallest absolute Gasteiger partial charge is 0.194 e. The number of hydrogen-bond acceptors (Lipinski definition) is 5. The topological polar surface area (TPSA) is 76.8 Å². The highest BCUT2D eigenvalue weighted by atomic mass is 16.5. The van der Waals surface area contributed by atoms with Gasteiger partial charge in [-0.15, -0.1) is 10.2 Å². The fraction of sp³-hybridized carbons (Fsp3) is 0.812. The number of rotatable bonds is 8. The summed E-state index contributed by atoms with van der Waals surface area (Å²) in [6, 6.07) is 0. The quantitative estimate of drug-likeness (QED) is 0.424. The lowest BCUT2D eigenvalue weighted by Gasteiger charge is -2.25. The summed E-state index contributed by atoms with van der Waals surface area (Å²) in [5, 5.41) is 11.7. The molecule has 1 N–H and O–H groups in total. The highest BCUT2D eigenvalue weighted by Gasteiger charge is 2.19. The van der Waals surface area contributed by atoms with E-state index in [-0.39, 0.29) is 0 Å². The standard InChI is InChI=1S/C16H30N6O2/c1-13-19-20-15(22(13)3)10-18-16(17-7-5-8-23-4)21(2)11-14-6-9-24-12-14/h14H,5-12H2,1-4H3,(H,17,18). The molecule has 8 heteroatoms. The zero-order valence-electron chi connectivity index (χ0n) is 15.3. The van der Waals surface area contributed by atoms with Gasteiger partial charge in [-0.2, -0.15) is 0 Å². The maximum Gasteiger partial charge on any atom is 0.194 e. The van der Waals surface area contributed by atoms with E-state index >= 15 is 0 Å². The van der Waals surface area contributed by atoms with Crippen LogP contribution in [-0.4, -0.2) is 72.7 Å². The Balaban J connectivity index is 1.97. The van der Waals surface area contributed by atoms with E-state index in [2.05, 4.69) is 27.5 Å². The Hall–Kier alpha value is -1.67. The van der Waals surface area contributed by atoms with Crippen LogP contribution in [0.2, 0.25) is 0 Å². The summed E-state index contributed by atoms with van der Waals surface area (Å²) in [6.07, 6.45) is 2.06. The van der Waals surface area contributed by atoms with E-state index in [4.69, 9.17) is 14.5 Å². The Morgan fingerprint density at radius 3 is 2.96 bits per heavy atom. The summed E-state index contributed by atoms with van der Waals surface area (Å²) >= 11 is 0. The first-order chi connectivity index (χ1) is 11.6. The Morgan fingerprint density at radius 2 is 2.33 bits per heavy atom. The molecule has 1 aliphatic heterocycles. The lowest BCUT2D eigenvalue weighted by molar-refractivity contribution is 0.181. The maximum absolute atomic E-state index is 5.47. The number of aryl methyl sites for hydroxylation is 1. The van der Waals surface area contributed by atoms with Crippen molar-refractivity contribution in [3.8, 4) is 0 Å². The van der Waals surface area contributed by atoms with Crippen LogP contribution < -0.4 is 5.32 Å². The summed E-state index contributed by atoms with van der Waals surface area (Å²) in [5.41, 5.74) is 0. The van der Waals surface area contributed by atoms with Gasteiger partial charge in [0, 0.05) is 53.4 Å². The highest BCUT2D eigenvalue weighted by Crippen LogP contribution is 2.13. The highest BCUT2D eigenvalue weighted by molar-refractivity contribution is 5.79. The van der Waals surface area contributed by atoms with Crippen molar-refractivity contribution in [3.63, 3.8) is 0 Å². The lowest BCUT2D eigenvalue weighted by atomic mass is 10.1. The van der Waals surface area contributed by atoms with Gasteiger partial charge in [-0.25, -0.2) is 4.99 Å². The third kappa shape index (κ3) is 5.45. The molecule has 0 aromatic carbocycles. The van der Waals surface area contributed by atoms with Crippen LogP contribution in [0, 0.1) is 12.8 Å². The molecule has 1 aromatic rings. The molecule has 0 saturated carbocycles. The Labute approximate surface area is 144 Å². The minimum atomic E-state index is 0.509. The van der Waals surface area contributed by atoms with E-state index in [0.29, 0.717) is 12.5 Å². The number of hydrogen-bond donors (Lipinski definition) is 1. The molecule has 2 rings (SSSR count). The molecule has 1 saturated heterocycles. The zero-order valence-corrected chi connectivity index (χ0v) is 15.3. The van der Waals surface area contributed by atoms with E-state index in [9.17, 15) is 0 Å². The molecular weight excluding hydrogens is 308 g/mol. The van der Waals surface area contributed by atoms with Crippen molar-refractivity contribution < 1.29 is 9.47 Å². The molecule has 1 atom stereocenters. The van der Waals surface area contributed by atoms with Gasteiger partial charge in [0.05, 0.1) is 6.61 Å². The van der Waals surface area contributed by atoms with Crippen LogP contribution >= 0.6 is 0 Å². The Bertz CT molecular complexity index is 525. The molecule has 1 unspecified atom stereocenters. The van der Waals surface area contributed by atoms with Gasteiger partial charge in [0.15, 0.2) is 11.8 Å². The van der Waals surface area contributed by atoms with E-state index in [1.807, 2.05) is 18.5 Å². The molecule has 1 fully saturated rings. The molecule has 8 nitrogen and oxygen atoms in total. The summed E-state index contributed by atoms with van der Waals surface area (Å²) in [4.78, 5) is 6.91. The summed E-state index contributed by atoms with van der Waals surface area (Å²) in [7, 11) is 5.76. The first kappa shape index (κ1) is 18.7. The lowest BCUT2D eigenvalue weighted by Crippen LogP contribution is -2.42. The minimum Gasteiger partial charge on any atom is -0.385 e. The minimum absolute atomic E-state index is 0.509. The zero-order chi connectivity index (χ0) is 17.4. The monoisotopic (exact) mass is 338 g/mol. The van der Waals surface area contributed by atoms with Gasteiger partial charge in [0.2, 0.25) is 0 Å². The molecule has 1 aliphatic rings. The average Bonchev–Trinajstić information content (AvgIpc) is 3.18. The molecule has 1 aromatic heterocycles. The summed E-state index contributed by atoms with van der Waals surface area (Å²) < 4.78 is 12.6. The van der Waals surface area contributed by atoms with E-state index in [1.54, 1.807) is 7.11 Å². The number of aliphatic imine (C=N–C) groups is 1.